The molecular formula is C21H23ClN4O2. The minimum absolute atomic E-state index is 0.197. The largest absolute Gasteiger partial charge is 0.391 e. The number of pyridine rings is 2. The topological polar surface area (TPSA) is 80.0 Å². The first kappa shape index (κ1) is 18.9. The van der Waals surface area contributed by atoms with Crippen LogP contribution >= 0.6 is 11.6 Å². The molecule has 28 heavy (non-hydrogen) atoms. The number of carbonyl (C=O) groups excluding carboxylic acids is 1. The molecule has 1 unspecified atom stereocenters. The monoisotopic (exact) mass is 398 g/mol. The maximum atomic E-state index is 13.0. The maximum absolute atomic E-state index is 13.0. The fraction of sp³-hybridized carbons (Fsp3) is 0.381. The van der Waals surface area contributed by atoms with Crippen molar-refractivity contribution in [3.8, 4) is 0 Å². The van der Waals surface area contributed by atoms with Gasteiger partial charge in [0.15, 0.2) is 0 Å². The first-order valence-corrected chi connectivity index (χ1v) is 9.94. The minimum atomic E-state index is -0.487. The molecule has 3 aromatic heterocycles. The second-order valence-corrected chi connectivity index (χ2v) is 7.83. The number of rotatable bonds is 4. The van der Waals surface area contributed by atoms with Gasteiger partial charge in [0.05, 0.1) is 40.5 Å². The van der Waals surface area contributed by atoms with E-state index < -0.39 is 6.10 Å². The third-order valence-electron chi connectivity index (χ3n) is 5.36. The Morgan fingerprint density at radius 2 is 2.11 bits per heavy atom. The maximum Gasteiger partial charge on any atom is 0.255 e. The summed E-state index contributed by atoms with van der Waals surface area (Å²) in [4.78, 5) is 21.8. The Kier molecular flexibility index (Phi) is 5.33. The number of carbonyl (C=O) groups is 1. The summed E-state index contributed by atoms with van der Waals surface area (Å²) in [5.74, 6) is -0.197. The molecule has 6 nitrogen and oxygen atoms in total. The van der Waals surface area contributed by atoms with Gasteiger partial charge in [-0.3, -0.25) is 14.8 Å². The highest BCUT2D eigenvalue weighted by atomic mass is 35.5. The average molecular weight is 399 g/mol. The number of hydrogen-bond acceptors (Lipinski definition) is 4. The van der Waals surface area contributed by atoms with Crippen molar-refractivity contribution in [2.45, 2.75) is 51.3 Å². The quantitative estimate of drug-likeness (QED) is 0.705. The molecule has 1 saturated carbocycles. The van der Waals surface area contributed by atoms with E-state index in [1.807, 2.05) is 29.8 Å². The fourth-order valence-electron chi connectivity index (χ4n) is 3.88. The predicted octanol–water partition coefficient (Wildman–Crippen LogP) is 3.47. The van der Waals surface area contributed by atoms with E-state index in [-0.39, 0.29) is 11.9 Å². The number of aliphatic hydroxyl groups excluding tert-OH is 1. The van der Waals surface area contributed by atoms with Crippen LogP contribution in [-0.2, 0) is 6.54 Å². The van der Waals surface area contributed by atoms with Crippen LogP contribution in [0.4, 0.5) is 0 Å². The third kappa shape index (κ3) is 3.75. The Labute approximate surface area is 168 Å². The van der Waals surface area contributed by atoms with E-state index in [4.69, 9.17) is 11.6 Å². The van der Waals surface area contributed by atoms with Crippen molar-refractivity contribution in [1.82, 2.24) is 19.9 Å². The molecule has 0 aromatic carbocycles. The van der Waals surface area contributed by atoms with Gasteiger partial charge in [0.2, 0.25) is 0 Å². The summed E-state index contributed by atoms with van der Waals surface area (Å²) >= 11 is 5.93. The molecule has 1 aliphatic rings. The van der Waals surface area contributed by atoms with E-state index in [1.54, 1.807) is 18.5 Å². The summed E-state index contributed by atoms with van der Waals surface area (Å²) in [6.45, 7) is 2.52. The lowest BCUT2D eigenvalue weighted by molar-refractivity contribution is 0.0718. The number of aryl methyl sites for hydroxylation is 1. The summed E-state index contributed by atoms with van der Waals surface area (Å²) in [6, 6.07) is 5.40. The zero-order chi connectivity index (χ0) is 19.7. The number of aliphatic hydroxyl groups is 1. The fourth-order valence-corrected chi connectivity index (χ4v) is 3.99. The van der Waals surface area contributed by atoms with E-state index in [0.29, 0.717) is 22.6 Å². The standard InChI is InChI=1S/C21H23ClN4O2/c1-13-8-9-23-19-16(21(28)25-17-4-2-3-5-18(17)27)12-26(20(13)19)11-15-7-6-14(22)10-24-15/h6-10,12,17-18,27H,2-5,11H2,1H3,(H,25,28)/t17-,18?/m0/s1. The summed E-state index contributed by atoms with van der Waals surface area (Å²) in [5.41, 5.74) is 3.98. The third-order valence-corrected chi connectivity index (χ3v) is 5.59. The Morgan fingerprint density at radius 3 is 2.86 bits per heavy atom. The molecule has 7 heteroatoms. The van der Waals surface area contributed by atoms with Gasteiger partial charge in [-0.15, -0.1) is 0 Å². The van der Waals surface area contributed by atoms with Crippen LogP contribution in [0, 0.1) is 6.92 Å². The number of fused-ring (bicyclic) bond motifs is 1. The van der Waals surface area contributed by atoms with Crippen LogP contribution in [0.25, 0.3) is 11.0 Å². The second kappa shape index (κ2) is 7.89. The van der Waals surface area contributed by atoms with E-state index in [9.17, 15) is 9.90 Å². The highest BCUT2D eigenvalue weighted by molar-refractivity contribution is 6.30. The molecule has 0 saturated heterocycles. The zero-order valence-corrected chi connectivity index (χ0v) is 16.5. The van der Waals surface area contributed by atoms with Gasteiger partial charge in [-0.05, 0) is 43.5 Å². The number of halogens is 1. The molecule has 2 atom stereocenters. The van der Waals surface area contributed by atoms with Gasteiger partial charge in [0, 0.05) is 18.6 Å². The van der Waals surface area contributed by atoms with Gasteiger partial charge in [0.1, 0.15) is 5.52 Å². The van der Waals surface area contributed by atoms with Crippen molar-refractivity contribution in [2.75, 3.05) is 0 Å². The highest BCUT2D eigenvalue weighted by Gasteiger charge is 2.26. The van der Waals surface area contributed by atoms with Crippen molar-refractivity contribution in [2.24, 2.45) is 0 Å². The number of amides is 1. The van der Waals surface area contributed by atoms with Crippen molar-refractivity contribution in [3.05, 3.63) is 58.6 Å². The lowest BCUT2D eigenvalue weighted by Crippen LogP contribution is -2.45. The number of nitrogens with zero attached hydrogens (tertiary/aromatic N) is 3. The molecule has 1 aliphatic carbocycles. The van der Waals surface area contributed by atoms with Crippen LogP contribution in [0.3, 0.4) is 0 Å². The second-order valence-electron chi connectivity index (χ2n) is 7.40. The first-order chi connectivity index (χ1) is 13.5. The van der Waals surface area contributed by atoms with Gasteiger partial charge in [0.25, 0.3) is 5.91 Å². The lowest BCUT2D eigenvalue weighted by Gasteiger charge is -2.28. The summed E-state index contributed by atoms with van der Waals surface area (Å²) in [5, 5.41) is 13.8. The van der Waals surface area contributed by atoms with Gasteiger partial charge < -0.3 is 15.0 Å². The lowest BCUT2D eigenvalue weighted by atomic mass is 9.92. The Morgan fingerprint density at radius 1 is 1.29 bits per heavy atom. The minimum Gasteiger partial charge on any atom is -0.391 e. The smallest absolute Gasteiger partial charge is 0.255 e. The van der Waals surface area contributed by atoms with E-state index in [0.717, 1.165) is 42.5 Å². The molecule has 1 amide bonds. The van der Waals surface area contributed by atoms with Gasteiger partial charge in [-0.2, -0.15) is 0 Å². The number of hydrogen-bond donors (Lipinski definition) is 2. The zero-order valence-electron chi connectivity index (χ0n) is 15.7. The molecule has 0 bridgehead atoms. The molecule has 1 fully saturated rings. The summed E-state index contributed by atoms with van der Waals surface area (Å²) in [7, 11) is 0. The molecule has 146 valence electrons. The molecule has 4 rings (SSSR count). The van der Waals surface area contributed by atoms with Crippen LogP contribution in [0.1, 0.15) is 47.3 Å². The van der Waals surface area contributed by atoms with Crippen LogP contribution < -0.4 is 5.32 Å². The van der Waals surface area contributed by atoms with E-state index in [1.165, 1.54) is 0 Å². The van der Waals surface area contributed by atoms with Crippen LogP contribution in [0.5, 0.6) is 0 Å². The van der Waals surface area contributed by atoms with Crippen LogP contribution in [0.15, 0.2) is 36.8 Å². The van der Waals surface area contributed by atoms with Crippen LogP contribution in [0.2, 0.25) is 5.02 Å². The molecule has 0 radical (unpaired) electrons. The van der Waals surface area contributed by atoms with Gasteiger partial charge >= 0.3 is 0 Å². The molecule has 3 heterocycles. The van der Waals surface area contributed by atoms with Crippen molar-refractivity contribution in [1.29, 1.82) is 0 Å². The molecule has 3 aromatic rings. The first-order valence-electron chi connectivity index (χ1n) is 9.57. The molecule has 0 aliphatic heterocycles. The molecule has 0 spiro atoms. The Bertz CT molecular complexity index is 1000. The van der Waals surface area contributed by atoms with Gasteiger partial charge in [-0.1, -0.05) is 24.4 Å². The highest BCUT2D eigenvalue weighted by Crippen LogP contribution is 2.25. The molecular weight excluding hydrogens is 376 g/mol. The normalized spacial score (nSPS) is 19.7. The Hall–Kier alpha value is -2.44. The SMILES string of the molecule is Cc1ccnc2c(C(=O)N[C@H]3CCCCC3O)cn(Cc3ccc(Cl)cn3)c12. The van der Waals surface area contributed by atoms with Crippen molar-refractivity contribution < 1.29 is 9.90 Å². The van der Waals surface area contributed by atoms with E-state index >= 15 is 0 Å². The van der Waals surface area contributed by atoms with Crippen molar-refractivity contribution in [3.63, 3.8) is 0 Å². The van der Waals surface area contributed by atoms with Crippen LogP contribution in [-0.4, -0.2) is 37.7 Å². The average Bonchev–Trinajstić information content (AvgIpc) is 3.05. The molecule has 2 N–H and O–H groups in total. The number of aromatic nitrogens is 3. The summed E-state index contributed by atoms with van der Waals surface area (Å²) < 4.78 is 2.00. The van der Waals surface area contributed by atoms with Gasteiger partial charge in [-0.25, -0.2) is 0 Å². The Balaban J connectivity index is 1.67. The number of nitrogens with one attached hydrogen (secondary N) is 1. The summed E-state index contributed by atoms with van der Waals surface area (Å²) in [6.07, 6.45) is 8.22. The predicted molar refractivity (Wildman–Crippen MR) is 109 cm³/mol. The van der Waals surface area contributed by atoms with E-state index in [2.05, 4.69) is 15.3 Å². The van der Waals surface area contributed by atoms with Crippen molar-refractivity contribution >= 4 is 28.5 Å².